The van der Waals surface area contributed by atoms with Crippen LogP contribution in [0.1, 0.15) is 24.3 Å². The third-order valence-electron chi connectivity index (χ3n) is 3.09. The largest absolute Gasteiger partial charge is 0.383 e. The molecule has 0 aliphatic carbocycles. The molecule has 102 valence electrons. The Hall–Kier alpha value is -1.88. The van der Waals surface area contributed by atoms with Crippen LogP contribution in [0.2, 0.25) is 0 Å². The lowest BCUT2D eigenvalue weighted by atomic mass is 10.2. The minimum atomic E-state index is -0.0653. The van der Waals surface area contributed by atoms with E-state index in [0.29, 0.717) is 18.8 Å². The summed E-state index contributed by atoms with van der Waals surface area (Å²) in [5.41, 5.74) is 1.35. The van der Waals surface area contributed by atoms with Crippen molar-refractivity contribution in [1.29, 1.82) is 0 Å². The standard InChI is InChI=1S/C14H19N3O2/c1-10(2)17(8-9-19-3)14(18)13-11-6-4-5-7-12(11)15-16-13/h4-7,10H,8-9H2,1-3H3,(H,15,16). The fraction of sp³-hybridized carbons (Fsp3) is 0.429. The topological polar surface area (TPSA) is 58.2 Å². The molecular weight excluding hydrogens is 242 g/mol. The van der Waals surface area contributed by atoms with Gasteiger partial charge in [0, 0.05) is 25.1 Å². The van der Waals surface area contributed by atoms with E-state index in [-0.39, 0.29) is 11.9 Å². The molecule has 1 heterocycles. The summed E-state index contributed by atoms with van der Waals surface area (Å²) in [5.74, 6) is -0.0653. The number of aromatic amines is 1. The van der Waals surface area contributed by atoms with Crippen molar-refractivity contribution >= 4 is 16.8 Å². The van der Waals surface area contributed by atoms with Gasteiger partial charge in [0.05, 0.1) is 12.1 Å². The molecule has 0 bridgehead atoms. The Morgan fingerprint density at radius 2 is 2.16 bits per heavy atom. The Morgan fingerprint density at radius 1 is 1.42 bits per heavy atom. The van der Waals surface area contributed by atoms with E-state index in [1.54, 1.807) is 12.0 Å². The SMILES string of the molecule is COCCN(C(=O)c1n[nH]c2ccccc12)C(C)C. The lowest BCUT2D eigenvalue weighted by molar-refractivity contribution is 0.0631. The number of carbonyl (C=O) groups is 1. The molecule has 0 unspecified atom stereocenters. The molecule has 2 rings (SSSR count). The number of benzene rings is 1. The molecule has 1 amide bonds. The van der Waals surface area contributed by atoms with Gasteiger partial charge in [-0.25, -0.2) is 0 Å². The zero-order chi connectivity index (χ0) is 13.8. The van der Waals surface area contributed by atoms with Crippen LogP contribution in [0.5, 0.6) is 0 Å². The van der Waals surface area contributed by atoms with Crippen molar-refractivity contribution < 1.29 is 9.53 Å². The van der Waals surface area contributed by atoms with Crippen LogP contribution in [0.3, 0.4) is 0 Å². The molecule has 0 radical (unpaired) electrons. The summed E-state index contributed by atoms with van der Waals surface area (Å²) in [6.07, 6.45) is 0. The molecule has 1 aromatic carbocycles. The van der Waals surface area contributed by atoms with Gasteiger partial charge in [-0.1, -0.05) is 18.2 Å². The number of hydrogen-bond donors (Lipinski definition) is 1. The van der Waals surface area contributed by atoms with Crippen molar-refractivity contribution in [2.24, 2.45) is 0 Å². The van der Waals surface area contributed by atoms with E-state index in [9.17, 15) is 4.79 Å². The molecule has 0 fully saturated rings. The van der Waals surface area contributed by atoms with E-state index in [1.165, 1.54) is 0 Å². The third kappa shape index (κ3) is 2.76. The highest BCUT2D eigenvalue weighted by Gasteiger charge is 2.22. The Morgan fingerprint density at radius 3 is 2.84 bits per heavy atom. The average molecular weight is 261 g/mol. The second kappa shape index (κ2) is 5.84. The molecule has 1 aromatic heterocycles. The highest BCUT2D eigenvalue weighted by Crippen LogP contribution is 2.17. The van der Waals surface area contributed by atoms with Gasteiger partial charge in [0.25, 0.3) is 5.91 Å². The monoisotopic (exact) mass is 261 g/mol. The third-order valence-corrected chi connectivity index (χ3v) is 3.09. The van der Waals surface area contributed by atoms with Gasteiger partial charge in [-0.2, -0.15) is 5.10 Å². The van der Waals surface area contributed by atoms with Gasteiger partial charge >= 0.3 is 0 Å². The highest BCUT2D eigenvalue weighted by molar-refractivity contribution is 6.04. The van der Waals surface area contributed by atoms with Crippen molar-refractivity contribution in [3.63, 3.8) is 0 Å². The lowest BCUT2D eigenvalue weighted by Gasteiger charge is -2.25. The van der Waals surface area contributed by atoms with Crippen LogP contribution < -0.4 is 0 Å². The van der Waals surface area contributed by atoms with Crippen LogP contribution in [0.15, 0.2) is 24.3 Å². The molecule has 5 heteroatoms. The highest BCUT2D eigenvalue weighted by atomic mass is 16.5. The number of hydrogen-bond acceptors (Lipinski definition) is 3. The number of carbonyl (C=O) groups excluding carboxylic acids is 1. The predicted molar refractivity (Wildman–Crippen MR) is 74.1 cm³/mol. The smallest absolute Gasteiger partial charge is 0.275 e. The molecule has 0 atom stereocenters. The van der Waals surface area contributed by atoms with E-state index in [0.717, 1.165) is 10.9 Å². The number of ether oxygens (including phenoxy) is 1. The fourth-order valence-electron chi connectivity index (χ4n) is 2.05. The molecule has 0 saturated carbocycles. The van der Waals surface area contributed by atoms with Crippen LogP contribution in [0, 0.1) is 0 Å². The Labute approximate surface area is 112 Å². The van der Waals surface area contributed by atoms with E-state index in [4.69, 9.17) is 4.74 Å². The van der Waals surface area contributed by atoms with Crippen molar-refractivity contribution in [3.05, 3.63) is 30.0 Å². The van der Waals surface area contributed by atoms with Gasteiger partial charge < -0.3 is 9.64 Å². The van der Waals surface area contributed by atoms with E-state index in [2.05, 4.69) is 10.2 Å². The number of rotatable bonds is 5. The zero-order valence-corrected chi connectivity index (χ0v) is 11.5. The summed E-state index contributed by atoms with van der Waals surface area (Å²) in [4.78, 5) is 14.3. The molecule has 0 aliphatic heterocycles. The van der Waals surface area contributed by atoms with Crippen molar-refractivity contribution in [1.82, 2.24) is 15.1 Å². The minimum Gasteiger partial charge on any atom is -0.383 e. The van der Waals surface area contributed by atoms with Crippen molar-refractivity contribution in [3.8, 4) is 0 Å². The Balaban J connectivity index is 2.30. The molecule has 2 aromatic rings. The molecule has 0 aliphatic rings. The molecule has 5 nitrogen and oxygen atoms in total. The van der Waals surface area contributed by atoms with Crippen LogP contribution in [-0.4, -0.2) is 47.3 Å². The van der Waals surface area contributed by atoms with Crippen LogP contribution in [-0.2, 0) is 4.74 Å². The summed E-state index contributed by atoms with van der Waals surface area (Å²) < 4.78 is 5.06. The first-order valence-electron chi connectivity index (χ1n) is 6.38. The normalized spacial score (nSPS) is 11.2. The van der Waals surface area contributed by atoms with Gasteiger partial charge in [-0.3, -0.25) is 9.89 Å². The quantitative estimate of drug-likeness (QED) is 0.896. The minimum absolute atomic E-state index is 0.0653. The number of para-hydroxylation sites is 1. The molecular formula is C14H19N3O2. The summed E-state index contributed by atoms with van der Waals surface area (Å²) in [7, 11) is 1.63. The summed E-state index contributed by atoms with van der Waals surface area (Å²) >= 11 is 0. The van der Waals surface area contributed by atoms with Gasteiger partial charge in [0.15, 0.2) is 5.69 Å². The maximum atomic E-state index is 12.6. The van der Waals surface area contributed by atoms with Gasteiger partial charge in [-0.15, -0.1) is 0 Å². The van der Waals surface area contributed by atoms with Crippen LogP contribution >= 0.6 is 0 Å². The number of nitrogens with zero attached hydrogens (tertiary/aromatic N) is 2. The Bertz CT molecular complexity index is 563. The van der Waals surface area contributed by atoms with Crippen molar-refractivity contribution in [2.75, 3.05) is 20.3 Å². The Kier molecular flexibility index (Phi) is 4.16. The van der Waals surface area contributed by atoms with E-state index < -0.39 is 0 Å². The number of nitrogens with one attached hydrogen (secondary N) is 1. The van der Waals surface area contributed by atoms with E-state index >= 15 is 0 Å². The van der Waals surface area contributed by atoms with Gasteiger partial charge in [-0.05, 0) is 19.9 Å². The molecule has 0 saturated heterocycles. The summed E-state index contributed by atoms with van der Waals surface area (Å²) in [6.45, 7) is 5.06. The first-order chi connectivity index (χ1) is 9.15. The maximum absolute atomic E-state index is 12.6. The van der Waals surface area contributed by atoms with Gasteiger partial charge in [0.1, 0.15) is 0 Å². The number of methoxy groups -OCH3 is 1. The molecule has 1 N–H and O–H groups in total. The number of aromatic nitrogens is 2. The molecule has 0 spiro atoms. The zero-order valence-electron chi connectivity index (χ0n) is 11.5. The summed E-state index contributed by atoms with van der Waals surface area (Å²) in [5, 5.41) is 7.90. The van der Waals surface area contributed by atoms with Gasteiger partial charge in [0.2, 0.25) is 0 Å². The van der Waals surface area contributed by atoms with Crippen LogP contribution in [0.25, 0.3) is 10.9 Å². The van der Waals surface area contributed by atoms with E-state index in [1.807, 2.05) is 38.1 Å². The molecule has 19 heavy (non-hydrogen) atoms. The number of H-pyrrole nitrogens is 1. The summed E-state index contributed by atoms with van der Waals surface area (Å²) in [6, 6.07) is 7.75. The lowest BCUT2D eigenvalue weighted by Crippen LogP contribution is -2.39. The van der Waals surface area contributed by atoms with Crippen LogP contribution in [0.4, 0.5) is 0 Å². The maximum Gasteiger partial charge on any atom is 0.275 e. The predicted octanol–water partition coefficient (Wildman–Crippen LogP) is 2.06. The second-order valence-corrected chi connectivity index (χ2v) is 4.70. The first-order valence-corrected chi connectivity index (χ1v) is 6.38. The second-order valence-electron chi connectivity index (χ2n) is 4.70. The first kappa shape index (κ1) is 13.5. The number of fused-ring (bicyclic) bond motifs is 1. The fourth-order valence-corrected chi connectivity index (χ4v) is 2.05. The number of amides is 1. The van der Waals surface area contributed by atoms with Crippen molar-refractivity contribution in [2.45, 2.75) is 19.9 Å². The average Bonchev–Trinajstić information content (AvgIpc) is 2.82.